The molecule has 0 radical (unpaired) electrons. The highest BCUT2D eigenvalue weighted by atomic mass is 16.5. The van der Waals surface area contributed by atoms with Crippen LogP contribution in [0.4, 0.5) is 0 Å². The molecule has 6 aliphatic carbocycles. The molecule has 10 atom stereocenters. The number of nitrogens with zero attached hydrogens (tertiary/aromatic N) is 2. The second kappa shape index (κ2) is 10.2. The number of ether oxygens (including phenoxy) is 1. The van der Waals surface area contributed by atoms with Crippen molar-refractivity contribution in [1.82, 2.24) is 9.80 Å². The lowest BCUT2D eigenvalue weighted by Gasteiger charge is -2.73. The second-order valence-electron chi connectivity index (χ2n) is 18.8. The zero-order valence-corrected chi connectivity index (χ0v) is 29.6. The fraction of sp³-hybridized carbons (Fsp3) is 0.949. The zero-order chi connectivity index (χ0) is 31.5. The van der Waals surface area contributed by atoms with Gasteiger partial charge in [-0.1, -0.05) is 48.5 Å². The first-order chi connectivity index (χ1) is 20.7. The summed E-state index contributed by atoms with van der Waals surface area (Å²) in [5.41, 5.74) is 1.21. The molecule has 0 aromatic rings. The molecule has 1 heterocycles. The highest BCUT2D eigenvalue weighted by Gasteiger charge is 2.73. The van der Waals surface area contributed by atoms with Crippen molar-refractivity contribution in [1.29, 1.82) is 0 Å². The van der Waals surface area contributed by atoms with Gasteiger partial charge in [0, 0.05) is 38.5 Å². The van der Waals surface area contributed by atoms with Gasteiger partial charge in [-0.15, -0.1) is 0 Å². The van der Waals surface area contributed by atoms with Crippen LogP contribution in [0.5, 0.6) is 0 Å². The average molecular weight is 609 g/mol. The number of hydrogen-bond donors (Lipinski definition) is 0. The topological polar surface area (TPSA) is 49.9 Å². The van der Waals surface area contributed by atoms with Crippen LogP contribution in [0.3, 0.4) is 0 Å². The van der Waals surface area contributed by atoms with Crippen LogP contribution in [0.2, 0.25) is 0 Å². The summed E-state index contributed by atoms with van der Waals surface area (Å²) >= 11 is 0. The molecule has 44 heavy (non-hydrogen) atoms. The molecule has 248 valence electrons. The summed E-state index contributed by atoms with van der Waals surface area (Å²) in [5.74, 6) is 3.66. The summed E-state index contributed by atoms with van der Waals surface area (Å²) in [5, 5.41) is 0. The van der Waals surface area contributed by atoms with Crippen LogP contribution in [0.25, 0.3) is 0 Å². The van der Waals surface area contributed by atoms with Gasteiger partial charge in [-0.25, -0.2) is 0 Å². The van der Waals surface area contributed by atoms with Crippen LogP contribution in [-0.4, -0.2) is 60.5 Å². The number of carbonyl (C=O) groups is 2. The van der Waals surface area contributed by atoms with Gasteiger partial charge in [-0.3, -0.25) is 9.59 Å². The molecular formula is C39H64N2O3. The fourth-order valence-corrected chi connectivity index (χ4v) is 14.3. The molecule has 1 amide bonds. The van der Waals surface area contributed by atoms with E-state index in [0.717, 1.165) is 57.9 Å². The summed E-state index contributed by atoms with van der Waals surface area (Å²) in [6.45, 7) is 24.3. The monoisotopic (exact) mass is 608 g/mol. The lowest BCUT2D eigenvalue weighted by atomic mass is 9.32. The van der Waals surface area contributed by atoms with Gasteiger partial charge >= 0.3 is 5.97 Å². The predicted octanol–water partition coefficient (Wildman–Crippen LogP) is 7.96. The number of piperazine rings is 1. The van der Waals surface area contributed by atoms with Gasteiger partial charge in [-0.2, -0.15) is 0 Å². The number of carbonyl (C=O) groups excluding carboxylic acids is 2. The maximum atomic E-state index is 14.9. The van der Waals surface area contributed by atoms with Gasteiger partial charge in [0.25, 0.3) is 0 Å². The fourth-order valence-electron chi connectivity index (χ4n) is 14.3. The Kier molecular flexibility index (Phi) is 7.30. The molecule has 0 N–H and O–H groups in total. The highest BCUT2D eigenvalue weighted by molar-refractivity contribution is 5.84. The molecule has 0 spiro atoms. The Labute approximate surface area is 269 Å². The van der Waals surface area contributed by atoms with Crippen molar-refractivity contribution < 1.29 is 14.3 Å². The third kappa shape index (κ3) is 4.17. The van der Waals surface area contributed by atoms with Crippen LogP contribution in [0.1, 0.15) is 132 Å². The number of hydrogen-bond acceptors (Lipinski definition) is 4. The number of esters is 1. The van der Waals surface area contributed by atoms with E-state index < -0.39 is 0 Å². The Bertz CT molecular complexity index is 1170. The van der Waals surface area contributed by atoms with E-state index in [1.54, 1.807) is 6.92 Å². The summed E-state index contributed by atoms with van der Waals surface area (Å²) in [7, 11) is 0. The third-order valence-electron chi connectivity index (χ3n) is 17.1. The predicted molar refractivity (Wildman–Crippen MR) is 176 cm³/mol. The largest absolute Gasteiger partial charge is 0.462 e. The van der Waals surface area contributed by atoms with Crippen molar-refractivity contribution in [2.24, 2.45) is 62.1 Å². The van der Waals surface area contributed by atoms with Gasteiger partial charge in [0.1, 0.15) is 6.10 Å². The first-order valence-electron chi connectivity index (χ1n) is 18.9. The first kappa shape index (κ1) is 31.5. The zero-order valence-electron chi connectivity index (χ0n) is 29.6. The van der Waals surface area contributed by atoms with Gasteiger partial charge in [-0.05, 0) is 135 Å². The lowest BCUT2D eigenvalue weighted by Crippen LogP contribution is -2.68. The normalized spacial score (nSPS) is 49.2. The van der Waals surface area contributed by atoms with Crippen molar-refractivity contribution in [3.8, 4) is 0 Å². The van der Waals surface area contributed by atoms with E-state index >= 15 is 0 Å². The number of amides is 1. The van der Waals surface area contributed by atoms with Gasteiger partial charge in [0.2, 0.25) is 5.91 Å². The van der Waals surface area contributed by atoms with Crippen LogP contribution >= 0.6 is 0 Å². The molecule has 0 aromatic heterocycles. The Morgan fingerprint density at radius 3 is 2.05 bits per heavy atom. The Morgan fingerprint density at radius 1 is 0.705 bits per heavy atom. The summed E-state index contributed by atoms with van der Waals surface area (Å²) in [6.07, 6.45) is 14.9. The Hall–Kier alpha value is -1.10. The lowest BCUT2D eigenvalue weighted by molar-refractivity contribution is -0.251. The van der Waals surface area contributed by atoms with Crippen LogP contribution in [0.15, 0.2) is 0 Å². The van der Waals surface area contributed by atoms with Gasteiger partial charge in [0.15, 0.2) is 0 Å². The van der Waals surface area contributed by atoms with E-state index in [1.165, 1.54) is 57.8 Å². The van der Waals surface area contributed by atoms with E-state index in [0.29, 0.717) is 40.4 Å². The Morgan fingerprint density at radius 2 is 1.41 bits per heavy atom. The molecule has 7 rings (SSSR count). The standard InChI is InChI=1S/C39H64N2O3/c1-9-40-22-24-41(25-23-40)33(43)39-17-12-27(35(5)18-19-35)32(39)28-10-11-30-36(6)15-14-31(44-26(2)42)34(3,4)29(36)13-16-38(30,8)37(28,7)20-21-39/h27-32H,9-25H2,1-8H3/t27-,28-,29?,30?,31+,32?,36+,37-,38-,39+/m1/s1. The second-order valence-corrected chi connectivity index (χ2v) is 18.8. The Balaban J connectivity index is 1.22. The van der Waals surface area contributed by atoms with Crippen LogP contribution in [-0.2, 0) is 14.3 Å². The van der Waals surface area contributed by atoms with E-state index in [-0.39, 0.29) is 33.7 Å². The SMILES string of the molecule is CCN1CCN(C(=O)[C@]23CC[C@@H](C4(C)CC4)C2[C@H]2CCC4[C@@]5(C)CC[C@H](OC(C)=O)C(C)(C)C5CC[C@@]4(C)[C@]2(C)CC3)CC1. The summed E-state index contributed by atoms with van der Waals surface area (Å²) in [6, 6.07) is 0. The van der Waals surface area contributed by atoms with Crippen molar-refractivity contribution in [3.63, 3.8) is 0 Å². The van der Waals surface area contributed by atoms with Crippen LogP contribution < -0.4 is 0 Å². The molecule has 6 saturated carbocycles. The van der Waals surface area contributed by atoms with Crippen molar-refractivity contribution in [2.75, 3.05) is 32.7 Å². The molecule has 1 saturated heterocycles. The maximum Gasteiger partial charge on any atom is 0.302 e. The van der Waals surface area contributed by atoms with E-state index in [2.05, 4.69) is 58.3 Å². The smallest absolute Gasteiger partial charge is 0.302 e. The minimum absolute atomic E-state index is 0.00476. The molecule has 5 nitrogen and oxygen atoms in total. The molecule has 1 aliphatic heterocycles. The van der Waals surface area contributed by atoms with Gasteiger partial charge in [0.05, 0.1) is 5.41 Å². The molecule has 3 unspecified atom stereocenters. The number of likely N-dealkylation sites (N-methyl/N-ethyl adjacent to an activating group) is 1. The summed E-state index contributed by atoms with van der Waals surface area (Å²) < 4.78 is 5.98. The minimum Gasteiger partial charge on any atom is -0.462 e. The molecular weight excluding hydrogens is 544 g/mol. The molecule has 5 heteroatoms. The molecule has 7 fully saturated rings. The maximum absolute atomic E-state index is 14.9. The average Bonchev–Trinajstić information content (AvgIpc) is 3.59. The third-order valence-corrected chi connectivity index (χ3v) is 17.1. The van der Waals surface area contributed by atoms with Crippen molar-refractivity contribution >= 4 is 11.9 Å². The molecule has 0 bridgehead atoms. The number of fused-ring (bicyclic) bond motifs is 7. The van der Waals surface area contributed by atoms with Crippen LogP contribution in [0, 0.1) is 62.1 Å². The quantitative estimate of drug-likeness (QED) is 0.304. The van der Waals surface area contributed by atoms with Crippen molar-refractivity contribution in [2.45, 2.75) is 139 Å². The van der Waals surface area contributed by atoms with E-state index in [1.807, 2.05) is 0 Å². The number of rotatable bonds is 4. The molecule has 0 aromatic carbocycles. The first-order valence-corrected chi connectivity index (χ1v) is 18.9. The minimum atomic E-state index is -0.122. The van der Waals surface area contributed by atoms with Gasteiger partial charge < -0.3 is 14.5 Å². The van der Waals surface area contributed by atoms with E-state index in [9.17, 15) is 9.59 Å². The molecule has 7 aliphatic rings. The highest BCUT2D eigenvalue weighted by Crippen LogP contribution is 2.79. The van der Waals surface area contributed by atoms with Crippen molar-refractivity contribution in [3.05, 3.63) is 0 Å². The summed E-state index contributed by atoms with van der Waals surface area (Å²) in [4.78, 5) is 31.8. The van der Waals surface area contributed by atoms with E-state index in [4.69, 9.17) is 4.74 Å².